The van der Waals surface area contributed by atoms with Gasteiger partial charge in [0, 0.05) is 31.5 Å². The number of β-amino-alcohol motifs (C(OH)–C–C–N with tert-alkyl or cyclic N) is 1. The van der Waals surface area contributed by atoms with E-state index in [1.165, 1.54) is 38.3 Å². The number of phenolic OH excluding ortho intramolecular Hbond substituents is 1. The van der Waals surface area contributed by atoms with Crippen LogP contribution in [0.2, 0.25) is 0 Å². The van der Waals surface area contributed by atoms with Crippen LogP contribution in [0, 0.1) is 0 Å². The summed E-state index contributed by atoms with van der Waals surface area (Å²) < 4.78 is 5.83. The van der Waals surface area contributed by atoms with Crippen molar-refractivity contribution < 1.29 is 53.9 Å². The van der Waals surface area contributed by atoms with Gasteiger partial charge in [0.05, 0.1) is 18.8 Å². The van der Waals surface area contributed by atoms with E-state index in [4.69, 9.17) is 10.5 Å². The van der Waals surface area contributed by atoms with Crippen molar-refractivity contribution in [1.82, 2.24) is 26.2 Å². The number of carboxylic acids is 1. The van der Waals surface area contributed by atoms with Crippen LogP contribution in [0.15, 0.2) is 48.5 Å². The van der Waals surface area contributed by atoms with Gasteiger partial charge in [-0.1, -0.05) is 51.2 Å². The maximum absolute atomic E-state index is 14.0. The van der Waals surface area contributed by atoms with Gasteiger partial charge in [-0.05, 0) is 100 Å². The number of ether oxygens (including phenoxy) is 1. The molecule has 1 fully saturated rings. The van der Waals surface area contributed by atoms with Crippen LogP contribution < -0.4 is 31.7 Å². The molecule has 0 aromatic heterocycles. The van der Waals surface area contributed by atoms with Crippen molar-refractivity contribution in [2.24, 2.45) is 5.73 Å². The van der Waals surface area contributed by atoms with Crippen molar-refractivity contribution >= 4 is 35.5 Å². The number of aliphatic hydroxyl groups is 2. The molecule has 338 valence electrons. The molecule has 2 aromatic carbocycles. The molecular formula is C44H66N6O11. The molecule has 2 aromatic rings. The summed E-state index contributed by atoms with van der Waals surface area (Å²) in [5.41, 5.74) is 6.48. The monoisotopic (exact) mass is 854 g/mol. The summed E-state index contributed by atoms with van der Waals surface area (Å²) in [4.78, 5) is 80.3. The molecule has 0 radical (unpaired) electrons. The van der Waals surface area contributed by atoms with E-state index in [0.717, 1.165) is 29.7 Å². The molecule has 0 bridgehead atoms. The molecule has 0 saturated carbocycles. The lowest BCUT2D eigenvalue weighted by Crippen LogP contribution is -2.60. The molecule has 3 rings (SSSR count). The topological polar surface area (TPSA) is 270 Å². The molecule has 5 amide bonds. The van der Waals surface area contributed by atoms with Crippen molar-refractivity contribution in [3.63, 3.8) is 0 Å². The van der Waals surface area contributed by atoms with E-state index >= 15 is 0 Å². The van der Waals surface area contributed by atoms with Gasteiger partial charge >= 0.3 is 5.97 Å². The minimum absolute atomic E-state index is 0.0102. The number of rotatable bonds is 28. The minimum atomic E-state index is -1.62. The molecule has 10 N–H and O–H groups in total. The number of aliphatic carboxylic acids is 1. The molecule has 1 aliphatic rings. The zero-order chi connectivity index (χ0) is 44.7. The number of carbonyl (C=O) groups excluding carboxylic acids is 5. The maximum atomic E-state index is 14.0. The van der Waals surface area contributed by atoms with Gasteiger partial charge in [-0.3, -0.25) is 24.0 Å². The zero-order valence-electron chi connectivity index (χ0n) is 35.5. The third kappa shape index (κ3) is 17.7. The Kier molecular flexibility index (Phi) is 22.0. The third-order valence-corrected chi connectivity index (χ3v) is 10.5. The number of nitrogens with two attached hydrogens (primary N) is 1. The second kappa shape index (κ2) is 26.8. The number of carbonyl (C=O) groups is 6. The average Bonchev–Trinajstić information content (AvgIpc) is 3.64. The third-order valence-electron chi connectivity index (χ3n) is 10.5. The normalized spacial score (nSPS) is 16.8. The first-order valence-corrected chi connectivity index (χ1v) is 21.5. The lowest BCUT2D eigenvalue weighted by Gasteiger charge is -2.31. The van der Waals surface area contributed by atoms with Gasteiger partial charge in [0.2, 0.25) is 23.6 Å². The molecular weight excluding hydrogens is 789 g/mol. The molecule has 1 heterocycles. The fourth-order valence-corrected chi connectivity index (χ4v) is 6.96. The number of aliphatic hydroxyl groups excluding tert-OH is 2. The lowest BCUT2D eigenvalue weighted by atomic mass is 10.0. The number of nitrogens with one attached hydrogen (secondary N) is 4. The zero-order valence-corrected chi connectivity index (χ0v) is 35.5. The average molecular weight is 855 g/mol. The van der Waals surface area contributed by atoms with E-state index in [1.807, 2.05) is 0 Å². The standard InChI is InChI=1S/C44H66N6O11/c1-3-4-5-6-7-10-26-61-34-21-17-31(18-22-34)40(55)47-35(12-11-25-46-38(54)13-8-9-24-45)41(56)49-39(29(2)51)43(58)50-28-33(53)27-37(50)42(57)48-36(44(59)60)23-16-30-14-19-32(52)20-15-30/h14-15,17-22,29,33,35-37,39,51-53H,3-13,16,23-28,45H2,1-2H3,(H,46,54)(H,47,55)(H,48,57)(H,49,56)(H,59,60)/t29-,33-,35+,36+,37+,39+/m1/s1. The molecule has 0 aliphatic carbocycles. The number of hydrogen-bond acceptors (Lipinski definition) is 11. The molecule has 17 heteroatoms. The number of hydrogen-bond donors (Lipinski definition) is 9. The number of benzene rings is 2. The Morgan fingerprint density at radius 1 is 0.852 bits per heavy atom. The van der Waals surface area contributed by atoms with Crippen LogP contribution in [0.5, 0.6) is 11.5 Å². The fourth-order valence-electron chi connectivity index (χ4n) is 6.96. The first-order valence-electron chi connectivity index (χ1n) is 21.5. The highest BCUT2D eigenvalue weighted by Gasteiger charge is 2.44. The molecule has 0 spiro atoms. The number of aromatic hydroxyl groups is 1. The SMILES string of the molecule is CCCCCCCCOc1ccc(C(=O)N[C@@H](CCCNC(=O)CCCCN)C(=O)N[C@H](C(=O)N2C[C@H](O)C[C@H]2C(=O)N[C@@H](CCc2ccc(O)cc2)C(=O)O)[C@@H](C)O)cc1. The van der Waals surface area contributed by atoms with E-state index in [9.17, 15) is 49.2 Å². The number of carboxylic acid groups (broad SMARTS) is 1. The van der Waals surface area contributed by atoms with Crippen LogP contribution in [-0.2, 0) is 30.4 Å². The number of nitrogens with zero attached hydrogens (tertiary/aromatic N) is 1. The number of aryl methyl sites for hydroxylation is 1. The minimum Gasteiger partial charge on any atom is -0.508 e. The largest absolute Gasteiger partial charge is 0.508 e. The van der Waals surface area contributed by atoms with Crippen molar-refractivity contribution in [1.29, 1.82) is 0 Å². The summed E-state index contributed by atoms with van der Waals surface area (Å²) in [5, 5.41) is 51.2. The van der Waals surface area contributed by atoms with Crippen LogP contribution in [0.4, 0.5) is 0 Å². The van der Waals surface area contributed by atoms with Gasteiger partial charge < -0.3 is 57.1 Å². The van der Waals surface area contributed by atoms with E-state index in [1.54, 1.807) is 36.4 Å². The van der Waals surface area contributed by atoms with Crippen LogP contribution >= 0.6 is 0 Å². The van der Waals surface area contributed by atoms with Gasteiger partial charge in [-0.15, -0.1) is 0 Å². The number of likely N-dealkylation sites (tertiary alicyclic amines) is 1. The number of phenols is 1. The Morgan fingerprint density at radius 3 is 2.20 bits per heavy atom. The van der Waals surface area contributed by atoms with Crippen molar-refractivity contribution in [3.05, 3.63) is 59.7 Å². The quantitative estimate of drug-likeness (QED) is 0.0559. The molecule has 1 aliphatic heterocycles. The smallest absolute Gasteiger partial charge is 0.326 e. The highest BCUT2D eigenvalue weighted by molar-refractivity contribution is 5.99. The first-order chi connectivity index (χ1) is 29.2. The Bertz CT molecular complexity index is 1690. The predicted molar refractivity (Wildman–Crippen MR) is 227 cm³/mol. The Hall–Kier alpha value is -5.26. The van der Waals surface area contributed by atoms with Gasteiger partial charge in [-0.2, -0.15) is 0 Å². The summed E-state index contributed by atoms with van der Waals surface area (Å²) in [6, 6.07) is 7.10. The summed E-state index contributed by atoms with van der Waals surface area (Å²) in [6.45, 7) is 4.31. The molecule has 17 nitrogen and oxygen atoms in total. The first kappa shape index (κ1) is 50.1. The summed E-state index contributed by atoms with van der Waals surface area (Å²) in [5.74, 6) is -4.02. The van der Waals surface area contributed by atoms with Crippen molar-refractivity contribution in [3.8, 4) is 11.5 Å². The van der Waals surface area contributed by atoms with Gasteiger partial charge in [0.1, 0.15) is 35.7 Å². The Balaban J connectivity index is 1.70. The van der Waals surface area contributed by atoms with Crippen LogP contribution in [0.1, 0.15) is 113 Å². The Morgan fingerprint density at radius 2 is 1.54 bits per heavy atom. The highest BCUT2D eigenvalue weighted by atomic mass is 16.5. The van der Waals surface area contributed by atoms with E-state index in [-0.39, 0.29) is 68.8 Å². The van der Waals surface area contributed by atoms with E-state index in [2.05, 4.69) is 28.2 Å². The van der Waals surface area contributed by atoms with E-state index in [0.29, 0.717) is 31.7 Å². The van der Waals surface area contributed by atoms with Gasteiger partial charge in [0.15, 0.2) is 0 Å². The predicted octanol–water partition coefficient (Wildman–Crippen LogP) is 2.28. The lowest BCUT2D eigenvalue weighted by molar-refractivity contribution is -0.146. The van der Waals surface area contributed by atoms with Crippen LogP contribution in [-0.4, -0.2) is 123 Å². The van der Waals surface area contributed by atoms with Crippen molar-refractivity contribution in [2.45, 2.75) is 140 Å². The second-order valence-corrected chi connectivity index (χ2v) is 15.6. The number of unbranched alkanes of at least 4 members (excludes halogenated alkanes) is 6. The second-order valence-electron chi connectivity index (χ2n) is 15.6. The molecule has 0 unspecified atom stereocenters. The van der Waals surface area contributed by atoms with Crippen LogP contribution in [0.25, 0.3) is 0 Å². The van der Waals surface area contributed by atoms with Crippen LogP contribution in [0.3, 0.4) is 0 Å². The molecule has 61 heavy (non-hydrogen) atoms. The maximum Gasteiger partial charge on any atom is 0.326 e. The van der Waals surface area contributed by atoms with E-state index < -0.39 is 66.0 Å². The van der Waals surface area contributed by atoms with Gasteiger partial charge in [0.25, 0.3) is 5.91 Å². The number of amides is 5. The molecule has 1 saturated heterocycles. The summed E-state index contributed by atoms with van der Waals surface area (Å²) >= 11 is 0. The van der Waals surface area contributed by atoms with Gasteiger partial charge in [-0.25, -0.2) is 4.79 Å². The fraction of sp³-hybridized carbons (Fsp3) is 0.591. The summed E-state index contributed by atoms with van der Waals surface area (Å²) in [7, 11) is 0. The molecule has 6 atom stereocenters. The summed E-state index contributed by atoms with van der Waals surface area (Å²) in [6.07, 6.45) is 5.99. The Labute approximate surface area is 358 Å². The highest BCUT2D eigenvalue weighted by Crippen LogP contribution is 2.22. The van der Waals surface area contributed by atoms with Crippen molar-refractivity contribution in [2.75, 3.05) is 26.2 Å².